The van der Waals surface area contributed by atoms with Crippen LogP contribution in [0.15, 0.2) is 48.6 Å². The first-order valence-electron chi connectivity index (χ1n) is 11.4. The topological polar surface area (TPSA) is 40.1 Å². The Bertz CT molecular complexity index is 546. The van der Waals surface area contributed by atoms with Crippen molar-refractivity contribution < 1.29 is 39.5 Å². The van der Waals surface area contributed by atoms with Gasteiger partial charge in [-0.3, -0.25) is 0 Å². The van der Waals surface area contributed by atoms with E-state index in [1.54, 1.807) is 6.08 Å². The van der Waals surface area contributed by atoms with Gasteiger partial charge in [-0.05, 0) is 29.7 Å². The molecule has 3 aromatic carbocycles. The summed E-state index contributed by atoms with van der Waals surface area (Å²) in [6.45, 7) is 2.26. The Balaban J connectivity index is 0.000000711. The van der Waals surface area contributed by atoms with Gasteiger partial charge < -0.3 is 9.90 Å². The average molecular weight is 407 g/mol. The van der Waals surface area contributed by atoms with Crippen LogP contribution in [0.2, 0.25) is 0 Å². The van der Waals surface area contributed by atoms with Crippen molar-refractivity contribution in [1.29, 1.82) is 0 Å². The number of carbonyl (C=O) groups excluding carboxylic acids is 1. The first-order chi connectivity index (χ1) is 13.7. The van der Waals surface area contributed by atoms with Gasteiger partial charge in [0, 0.05) is 0 Å². The summed E-state index contributed by atoms with van der Waals surface area (Å²) in [6, 6.07) is 12.7. The predicted molar refractivity (Wildman–Crippen MR) is 120 cm³/mol. The van der Waals surface area contributed by atoms with E-state index in [9.17, 15) is 9.90 Å². The maximum Gasteiger partial charge on any atom is 1.00 e. The molecule has 0 spiro atoms. The smallest absolute Gasteiger partial charge is 0.545 e. The molecule has 0 radical (unpaired) electrons. The molecule has 0 heterocycles. The molecule has 2 nitrogen and oxygen atoms in total. The molecule has 0 aromatic heterocycles. The van der Waals surface area contributed by atoms with Crippen molar-refractivity contribution >= 4 is 16.7 Å². The minimum absolute atomic E-state index is 0. The number of allylic oxidation sites excluding steroid dienone is 1. The van der Waals surface area contributed by atoms with Crippen molar-refractivity contribution in [2.45, 2.75) is 96.8 Å². The van der Waals surface area contributed by atoms with Gasteiger partial charge in [-0.25, -0.2) is 0 Å². The molecule has 0 saturated carbocycles. The number of carboxylic acids is 1. The normalized spacial score (nSPS) is 10.7. The van der Waals surface area contributed by atoms with Crippen LogP contribution in [0.4, 0.5) is 0 Å². The molecule has 3 rings (SSSR count). The van der Waals surface area contributed by atoms with E-state index in [0.29, 0.717) is 0 Å². The third-order valence-corrected chi connectivity index (χ3v) is 5.13. The van der Waals surface area contributed by atoms with E-state index in [4.69, 9.17) is 0 Å². The number of aliphatic carboxylic acids is 1. The SMILES string of the molecule is CCCCCCCCCCCCCCCC=CC(=O)[O-].[Na+].c1cc2ccc1cc2. The zero-order valence-corrected chi connectivity index (χ0v) is 20.8. The van der Waals surface area contributed by atoms with E-state index in [-0.39, 0.29) is 29.6 Å². The van der Waals surface area contributed by atoms with Gasteiger partial charge in [0.1, 0.15) is 0 Å². The maximum atomic E-state index is 10.1. The Morgan fingerprint density at radius 1 is 0.690 bits per heavy atom. The summed E-state index contributed by atoms with van der Waals surface area (Å²) in [4.78, 5) is 10.1. The molecule has 3 heteroatoms. The van der Waals surface area contributed by atoms with Crippen LogP contribution in [0.25, 0.3) is 10.8 Å². The fraction of sp³-hybridized carbons (Fsp3) is 0.577. The summed E-state index contributed by atoms with van der Waals surface area (Å²) in [5, 5.41) is 12.7. The first kappa shape index (κ1) is 28.2. The quantitative estimate of drug-likeness (QED) is 0.254. The summed E-state index contributed by atoms with van der Waals surface area (Å²) in [6.07, 6.45) is 21.2. The van der Waals surface area contributed by atoms with Gasteiger partial charge in [0.05, 0.1) is 5.97 Å². The Hall–Kier alpha value is -0.830. The van der Waals surface area contributed by atoms with Gasteiger partial charge in [-0.2, -0.15) is 0 Å². The fourth-order valence-corrected chi connectivity index (χ4v) is 3.37. The van der Waals surface area contributed by atoms with Crippen LogP contribution in [0, 0.1) is 0 Å². The zero-order chi connectivity index (χ0) is 20.3. The Labute approximate surface area is 200 Å². The maximum absolute atomic E-state index is 10.1. The van der Waals surface area contributed by atoms with Crippen molar-refractivity contribution in [3.05, 3.63) is 48.6 Å². The minimum Gasteiger partial charge on any atom is -0.545 e. The predicted octanol–water partition coefficient (Wildman–Crippen LogP) is 4.06. The van der Waals surface area contributed by atoms with E-state index in [2.05, 4.69) is 43.3 Å². The second-order valence-electron chi connectivity index (χ2n) is 7.75. The molecule has 0 saturated heterocycles. The third kappa shape index (κ3) is 17.7. The first-order valence-corrected chi connectivity index (χ1v) is 11.4. The molecular weight excluding hydrogens is 367 g/mol. The molecule has 0 N–H and O–H groups in total. The second kappa shape index (κ2) is 20.4. The number of hydrogen-bond donors (Lipinski definition) is 0. The number of carbonyl (C=O) groups is 1. The Morgan fingerprint density at radius 3 is 1.34 bits per heavy atom. The molecule has 0 amide bonds. The largest absolute Gasteiger partial charge is 1.00 e. The van der Waals surface area contributed by atoms with E-state index in [1.165, 1.54) is 87.8 Å². The number of benzene rings is 3. The van der Waals surface area contributed by atoms with Crippen LogP contribution in [0.5, 0.6) is 0 Å². The third-order valence-electron chi connectivity index (χ3n) is 5.13. The van der Waals surface area contributed by atoms with Crippen molar-refractivity contribution in [2.75, 3.05) is 0 Å². The van der Waals surface area contributed by atoms with Gasteiger partial charge in [-0.15, -0.1) is 0 Å². The standard InChI is InChI=1S/C18H34O2.C8H6.Na/c1-2-3-4-5-6-7-8-9-10-11-12-13-14-15-16-17-18(19)20;1-2-8-5-3-7(1)4-6-8;/h16-17H,2-15H2,1H3,(H,19,20);1-6H;/q;;+1/p-1. The molecular formula is C26H39NaO2. The summed E-state index contributed by atoms with van der Waals surface area (Å²) < 4.78 is 0. The van der Waals surface area contributed by atoms with Crippen LogP contribution in [-0.2, 0) is 4.79 Å². The molecule has 3 aromatic rings. The van der Waals surface area contributed by atoms with Crippen molar-refractivity contribution in [1.82, 2.24) is 0 Å². The molecule has 0 aliphatic rings. The van der Waals surface area contributed by atoms with Crippen LogP contribution >= 0.6 is 0 Å². The zero-order valence-electron chi connectivity index (χ0n) is 18.8. The number of carboxylic acid groups (broad SMARTS) is 1. The van der Waals surface area contributed by atoms with Gasteiger partial charge >= 0.3 is 29.6 Å². The van der Waals surface area contributed by atoms with Gasteiger partial charge in [0.25, 0.3) is 0 Å². The Kier molecular flexibility index (Phi) is 19.9. The van der Waals surface area contributed by atoms with Gasteiger partial charge in [-0.1, -0.05) is 126 Å². The van der Waals surface area contributed by atoms with Gasteiger partial charge in [0.2, 0.25) is 0 Å². The van der Waals surface area contributed by atoms with E-state index >= 15 is 0 Å². The molecule has 2 bridgehead atoms. The summed E-state index contributed by atoms with van der Waals surface area (Å²) >= 11 is 0. The molecule has 0 fully saturated rings. The molecule has 0 atom stereocenters. The van der Waals surface area contributed by atoms with E-state index < -0.39 is 5.97 Å². The average Bonchev–Trinajstić information content (AvgIpc) is 2.72. The van der Waals surface area contributed by atoms with Crippen molar-refractivity contribution in [3.63, 3.8) is 0 Å². The monoisotopic (exact) mass is 406 g/mol. The second-order valence-corrected chi connectivity index (χ2v) is 7.75. The van der Waals surface area contributed by atoms with Crippen LogP contribution in [-0.4, -0.2) is 5.97 Å². The van der Waals surface area contributed by atoms with Crippen LogP contribution in [0.1, 0.15) is 96.8 Å². The van der Waals surface area contributed by atoms with Crippen LogP contribution in [0.3, 0.4) is 0 Å². The molecule has 0 aliphatic heterocycles. The molecule has 0 aliphatic carbocycles. The van der Waals surface area contributed by atoms with Gasteiger partial charge in [0.15, 0.2) is 0 Å². The molecule has 156 valence electrons. The minimum atomic E-state index is -1.08. The summed E-state index contributed by atoms with van der Waals surface area (Å²) in [5.41, 5.74) is 0. The van der Waals surface area contributed by atoms with Crippen molar-refractivity contribution in [3.8, 4) is 0 Å². The molecule has 0 unspecified atom stereocenters. The number of fused-ring (bicyclic) bond motifs is 3. The molecule has 29 heavy (non-hydrogen) atoms. The fourth-order valence-electron chi connectivity index (χ4n) is 3.37. The van der Waals surface area contributed by atoms with E-state index in [0.717, 1.165) is 18.9 Å². The number of unbranched alkanes of at least 4 members (excludes halogenated alkanes) is 13. The Morgan fingerprint density at radius 2 is 1.03 bits per heavy atom. The van der Waals surface area contributed by atoms with E-state index in [1.807, 2.05) is 0 Å². The summed E-state index contributed by atoms with van der Waals surface area (Å²) in [5.74, 6) is -1.08. The number of rotatable bonds is 15. The summed E-state index contributed by atoms with van der Waals surface area (Å²) in [7, 11) is 0. The van der Waals surface area contributed by atoms with Crippen LogP contribution < -0.4 is 34.7 Å². The number of hydrogen-bond acceptors (Lipinski definition) is 2. The van der Waals surface area contributed by atoms with Crippen molar-refractivity contribution in [2.24, 2.45) is 0 Å².